The van der Waals surface area contributed by atoms with Crippen molar-refractivity contribution in [2.75, 3.05) is 5.75 Å². The molecule has 0 fully saturated rings. The fourth-order valence-corrected chi connectivity index (χ4v) is 0.447. The van der Waals surface area contributed by atoms with Gasteiger partial charge in [0.15, 0.2) is 0 Å². The molecule has 0 atom stereocenters. The molecule has 0 aliphatic heterocycles. The predicted octanol–water partition coefficient (Wildman–Crippen LogP) is -1.41. The van der Waals surface area contributed by atoms with Gasteiger partial charge in [0.05, 0.1) is 5.75 Å². The van der Waals surface area contributed by atoms with Crippen LogP contribution in [0.4, 0.5) is 0 Å². The zero-order chi connectivity index (χ0) is 5.91. The average molecular weight is 164 g/mol. The molecule has 0 amide bonds. The Labute approximate surface area is 76.3 Å². The molecule has 0 unspecified atom stereocenters. The van der Waals surface area contributed by atoms with Crippen LogP contribution in [0.2, 0.25) is 0 Å². The summed E-state index contributed by atoms with van der Waals surface area (Å²) in [6, 6.07) is 0. The van der Waals surface area contributed by atoms with Crippen LogP contribution < -0.4 is 0 Å². The monoisotopic (exact) mass is 164 g/mol. The maximum absolute atomic E-state index is 9.72. The van der Waals surface area contributed by atoms with E-state index in [-0.39, 0.29) is 40.8 Å². The van der Waals surface area contributed by atoms with Crippen molar-refractivity contribution in [1.29, 1.82) is 0 Å². The van der Waals surface area contributed by atoms with Crippen molar-refractivity contribution in [3.05, 3.63) is 12.7 Å². The summed E-state index contributed by atoms with van der Waals surface area (Å²) in [5.74, 6) is -0.368. The van der Waals surface area contributed by atoms with E-state index >= 15 is 0 Å². The first kappa shape index (κ1) is 16.3. The van der Waals surface area contributed by atoms with Gasteiger partial charge in [-0.15, -0.1) is 6.58 Å². The Hall–Kier alpha value is 0.610. The molecule has 0 aliphatic carbocycles. The van der Waals surface area contributed by atoms with Crippen LogP contribution in [0.3, 0.4) is 0 Å². The van der Waals surface area contributed by atoms with E-state index in [1.54, 1.807) is 0 Å². The third-order valence-corrected chi connectivity index (χ3v) is 0.985. The van der Waals surface area contributed by atoms with Crippen molar-refractivity contribution < 1.29 is 18.4 Å². The van der Waals surface area contributed by atoms with Gasteiger partial charge in [-0.1, -0.05) is 6.08 Å². The first-order valence-electron chi connectivity index (χ1n) is 1.62. The standard InChI is InChI=1S/C3H6O3S.Na.H2O.H/c1-2-3-7(4,5)6;;;/h2H,1,3H2,(H,4,5,6);;1H2;. The zero-order valence-corrected chi connectivity index (χ0v) is 4.98. The Morgan fingerprint density at radius 3 is 1.89 bits per heavy atom. The van der Waals surface area contributed by atoms with E-state index in [2.05, 4.69) is 6.58 Å². The molecular weight excluding hydrogens is 155 g/mol. The van der Waals surface area contributed by atoms with Crippen molar-refractivity contribution in [2.45, 2.75) is 0 Å². The first-order valence-corrected chi connectivity index (χ1v) is 3.23. The minimum atomic E-state index is -3.79. The molecule has 0 rings (SSSR count). The number of hydrogen-bond donors (Lipinski definition) is 1. The van der Waals surface area contributed by atoms with Crippen LogP contribution in [0, 0.1) is 0 Å². The van der Waals surface area contributed by atoms with E-state index in [9.17, 15) is 8.42 Å². The second-order valence-electron chi connectivity index (χ2n) is 1.04. The summed E-state index contributed by atoms with van der Waals surface area (Å²) in [6.45, 7) is 3.11. The SMILES string of the molecule is C=CCS(=O)(=O)O.O.[NaH]. The molecule has 0 aromatic heterocycles. The van der Waals surface area contributed by atoms with Gasteiger partial charge < -0.3 is 5.48 Å². The van der Waals surface area contributed by atoms with Crippen molar-refractivity contribution >= 4 is 39.7 Å². The summed E-state index contributed by atoms with van der Waals surface area (Å²) < 4.78 is 27.3. The van der Waals surface area contributed by atoms with Gasteiger partial charge in [0.25, 0.3) is 10.1 Å². The summed E-state index contributed by atoms with van der Waals surface area (Å²) >= 11 is 0. The topological polar surface area (TPSA) is 85.9 Å². The summed E-state index contributed by atoms with van der Waals surface area (Å²) in [5, 5.41) is 0. The number of rotatable bonds is 2. The fourth-order valence-electron chi connectivity index (χ4n) is 0.149. The Morgan fingerprint density at radius 1 is 1.56 bits per heavy atom. The number of hydrogen-bond acceptors (Lipinski definition) is 2. The van der Waals surface area contributed by atoms with E-state index in [1.807, 2.05) is 0 Å². The van der Waals surface area contributed by atoms with E-state index < -0.39 is 10.1 Å². The molecule has 4 nitrogen and oxygen atoms in total. The molecule has 0 saturated carbocycles. The van der Waals surface area contributed by atoms with Crippen LogP contribution in [0.25, 0.3) is 0 Å². The molecule has 0 aliphatic rings. The maximum atomic E-state index is 9.72. The molecule has 0 heterocycles. The molecular formula is C3H9NaO4S. The fraction of sp³-hybridized carbons (Fsp3) is 0.333. The molecule has 0 bridgehead atoms. The Kier molecular flexibility index (Phi) is 12.2. The molecule has 0 spiro atoms. The van der Waals surface area contributed by atoms with Gasteiger partial charge in [0, 0.05) is 0 Å². The molecule has 0 radical (unpaired) electrons. The molecule has 0 saturated heterocycles. The normalized spacial score (nSPS) is 8.56. The third kappa shape index (κ3) is 17.7. The molecule has 0 aromatic carbocycles. The Morgan fingerprint density at radius 2 is 1.89 bits per heavy atom. The first-order chi connectivity index (χ1) is 3.06. The van der Waals surface area contributed by atoms with E-state index in [4.69, 9.17) is 4.55 Å². The van der Waals surface area contributed by atoms with Crippen LogP contribution in [0.5, 0.6) is 0 Å². The van der Waals surface area contributed by atoms with Crippen molar-refractivity contribution in [3.8, 4) is 0 Å². The minimum absolute atomic E-state index is 0. The van der Waals surface area contributed by atoms with Crippen molar-refractivity contribution in [1.82, 2.24) is 0 Å². The molecule has 52 valence electrons. The summed E-state index contributed by atoms with van der Waals surface area (Å²) in [6.07, 6.45) is 1.12. The predicted molar refractivity (Wildman–Crippen MR) is 37.4 cm³/mol. The second kappa shape index (κ2) is 6.73. The van der Waals surface area contributed by atoms with Gasteiger partial charge in [-0.05, 0) is 0 Å². The van der Waals surface area contributed by atoms with Crippen molar-refractivity contribution in [2.24, 2.45) is 0 Å². The average Bonchev–Trinajstić information content (AvgIpc) is 1.30. The van der Waals surface area contributed by atoms with Gasteiger partial charge in [0.2, 0.25) is 0 Å². The molecule has 6 heteroatoms. The van der Waals surface area contributed by atoms with E-state index in [0.717, 1.165) is 6.08 Å². The van der Waals surface area contributed by atoms with Gasteiger partial charge in [-0.2, -0.15) is 8.42 Å². The van der Waals surface area contributed by atoms with Gasteiger partial charge in [0.1, 0.15) is 0 Å². The van der Waals surface area contributed by atoms with Crippen molar-refractivity contribution in [3.63, 3.8) is 0 Å². The van der Waals surface area contributed by atoms with Gasteiger partial charge in [-0.25, -0.2) is 0 Å². The van der Waals surface area contributed by atoms with Crippen LogP contribution in [0.15, 0.2) is 12.7 Å². The molecule has 0 aromatic rings. The third-order valence-electron chi connectivity index (χ3n) is 0.328. The Bertz CT molecular complexity index is 149. The van der Waals surface area contributed by atoms with Crippen LogP contribution in [-0.4, -0.2) is 53.8 Å². The Balaban J connectivity index is -0.000000180. The van der Waals surface area contributed by atoms with Crippen LogP contribution in [0.1, 0.15) is 0 Å². The second-order valence-corrected chi connectivity index (χ2v) is 2.53. The zero-order valence-electron chi connectivity index (χ0n) is 4.16. The van der Waals surface area contributed by atoms with Gasteiger partial charge in [-0.3, -0.25) is 4.55 Å². The molecule has 3 N–H and O–H groups in total. The summed E-state index contributed by atoms with van der Waals surface area (Å²) in [4.78, 5) is 0. The van der Waals surface area contributed by atoms with E-state index in [0.29, 0.717) is 0 Å². The van der Waals surface area contributed by atoms with Crippen LogP contribution in [-0.2, 0) is 10.1 Å². The summed E-state index contributed by atoms with van der Waals surface area (Å²) in [5.41, 5.74) is 0. The van der Waals surface area contributed by atoms with Crippen LogP contribution >= 0.6 is 0 Å². The quantitative estimate of drug-likeness (QED) is 0.309. The van der Waals surface area contributed by atoms with E-state index in [1.165, 1.54) is 0 Å². The summed E-state index contributed by atoms with van der Waals surface area (Å²) in [7, 11) is -3.79. The molecule has 9 heavy (non-hydrogen) atoms. The van der Waals surface area contributed by atoms with Gasteiger partial charge >= 0.3 is 29.6 Å².